The maximum atomic E-state index is 13.0. The van der Waals surface area contributed by atoms with Crippen LogP contribution in [-0.4, -0.2) is 41.1 Å². The summed E-state index contributed by atoms with van der Waals surface area (Å²) in [7, 11) is 0. The summed E-state index contributed by atoms with van der Waals surface area (Å²) in [5, 5.41) is 8.32. The highest BCUT2D eigenvalue weighted by Crippen LogP contribution is 2.38. The Balaban J connectivity index is 2.02. The minimum atomic E-state index is -4.16. The maximum Gasteiger partial charge on any atom is 0.378 e. The van der Waals surface area contributed by atoms with Gasteiger partial charge in [0.15, 0.2) is 6.61 Å². The molecule has 1 saturated carbocycles. The molecule has 1 aliphatic rings. The highest BCUT2D eigenvalue weighted by molar-refractivity contribution is 5.93. The predicted octanol–water partition coefficient (Wildman–Crippen LogP) is 4.08. The van der Waals surface area contributed by atoms with Crippen molar-refractivity contribution >= 4 is 17.9 Å². The number of carboxylic acid groups (broad SMARTS) is 1. The van der Waals surface area contributed by atoms with Gasteiger partial charge in [-0.15, -0.1) is 0 Å². The first kappa shape index (κ1) is 21.8. The van der Waals surface area contributed by atoms with Crippen molar-refractivity contribution in [1.82, 2.24) is 0 Å². The van der Waals surface area contributed by atoms with Crippen molar-refractivity contribution in [3.05, 3.63) is 35.4 Å². The number of benzene rings is 1. The molecule has 0 heterocycles. The molecule has 0 saturated heterocycles. The third-order valence-electron chi connectivity index (χ3n) is 5.10. The van der Waals surface area contributed by atoms with Crippen molar-refractivity contribution < 1.29 is 37.7 Å². The summed E-state index contributed by atoms with van der Waals surface area (Å²) in [5.74, 6) is -7.98. The molecular formula is C20H24F2O6. The van der Waals surface area contributed by atoms with E-state index >= 15 is 0 Å². The van der Waals surface area contributed by atoms with Gasteiger partial charge in [0.2, 0.25) is 0 Å². The average Bonchev–Trinajstić information content (AvgIpc) is 2.66. The van der Waals surface area contributed by atoms with Gasteiger partial charge < -0.3 is 14.6 Å². The van der Waals surface area contributed by atoms with Gasteiger partial charge in [-0.05, 0) is 55.9 Å². The SMILES string of the molecule is CC(C)C1(OC(=O)c2ccc(C(=O)OCC(F)(F)C(=O)O)cc2)CCCCC1. The van der Waals surface area contributed by atoms with Crippen molar-refractivity contribution in [2.45, 2.75) is 57.5 Å². The number of esters is 2. The zero-order valence-corrected chi connectivity index (χ0v) is 15.9. The second kappa shape index (κ2) is 8.67. The Morgan fingerprint density at radius 2 is 1.54 bits per heavy atom. The molecule has 1 aromatic rings. The molecule has 1 aliphatic carbocycles. The fourth-order valence-corrected chi connectivity index (χ4v) is 3.23. The monoisotopic (exact) mass is 398 g/mol. The second-order valence-electron chi connectivity index (χ2n) is 7.33. The van der Waals surface area contributed by atoms with Crippen LogP contribution in [-0.2, 0) is 14.3 Å². The largest absolute Gasteiger partial charge is 0.477 e. The van der Waals surface area contributed by atoms with Gasteiger partial charge in [0.05, 0.1) is 11.1 Å². The molecule has 0 radical (unpaired) electrons. The molecule has 8 heteroatoms. The van der Waals surface area contributed by atoms with E-state index in [9.17, 15) is 23.2 Å². The van der Waals surface area contributed by atoms with Gasteiger partial charge in [0.1, 0.15) is 5.60 Å². The van der Waals surface area contributed by atoms with Crippen LogP contribution in [0, 0.1) is 5.92 Å². The molecule has 154 valence electrons. The molecule has 0 unspecified atom stereocenters. The van der Waals surface area contributed by atoms with E-state index in [0.29, 0.717) is 0 Å². The molecule has 2 rings (SSSR count). The number of aliphatic carboxylic acids is 1. The molecule has 1 fully saturated rings. The van der Waals surface area contributed by atoms with Gasteiger partial charge in [0, 0.05) is 0 Å². The van der Waals surface area contributed by atoms with Crippen LogP contribution in [0.25, 0.3) is 0 Å². The van der Waals surface area contributed by atoms with Crippen LogP contribution in [0.4, 0.5) is 8.78 Å². The lowest BCUT2D eigenvalue weighted by molar-refractivity contribution is -0.170. The van der Waals surface area contributed by atoms with Crippen molar-refractivity contribution in [3.8, 4) is 0 Å². The van der Waals surface area contributed by atoms with Crippen molar-refractivity contribution in [1.29, 1.82) is 0 Å². The molecular weight excluding hydrogens is 374 g/mol. The molecule has 0 atom stereocenters. The third kappa shape index (κ3) is 5.05. The Hall–Kier alpha value is -2.51. The number of halogens is 2. The van der Waals surface area contributed by atoms with Crippen molar-refractivity contribution in [3.63, 3.8) is 0 Å². The lowest BCUT2D eigenvalue weighted by atomic mass is 9.77. The molecule has 1 aromatic carbocycles. The molecule has 6 nitrogen and oxygen atoms in total. The van der Waals surface area contributed by atoms with Gasteiger partial charge >= 0.3 is 23.8 Å². The van der Waals surface area contributed by atoms with Gasteiger partial charge in [0.25, 0.3) is 0 Å². The first-order chi connectivity index (χ1) is 13.1. The number of hydrogen-bond donors (Lipinski definition) is 1. The molecule has 0 aliphatic heterocycles. The van der Waals surface area contributed by atoms with Gasteiger partial charge in [-0.2, -0.15) is 8.78 Å². The minimum absolute atomic E-state index is 0.0750. The smallest absolute Gasteiger partial charge is 0.378 e. The standard InChI is InChI=1S/C20H24F2O6/c1-13(2)19(10-4-3-5-11-19)28-17(24)15-8-6-14(7-9-15)16(23)27-12-20(21,22)18(25)26/h6-9,13H,3-5,10-12H2,1-2H3,(H,25,26). The zero-order valence-electron chi connectivity index (χ0n) is 15.9. The summed E-state index contributed by atoms with van der Waals surface area (Å²) in [4.78, 5) is 34.7. The number of carbonyl (C=O) groups is 3. The number of carbonyl (C=O) groups excluding carboxylic acids is 2. The maximum absolute atomic E-state index is 13.0. The van der Waals surface area contributed by atoms with E-state index < -0.39 is 36.0 Å². The number of ether oxygens (including phenoxy) is 2. The van der Waals surface area contributed by atoms with E-state index in [4.69, 9.17) is 9.84 Å². The van der Waals surface area contributed by atoms with Crippen LogP contribution in [0.3, 0.4) is 0 Å². The van der Waals surface area contributed by atoms with Gasteiger partial charge in [-0.1, -0.05) is 20.3 Å². The van der Waals surface area contributed by atoms with E-state index in [0.717, 1.165) is 32.1 Å². The highest BCUT2D eigenvalue weighted by atomic mass is 19.3. The summed E-state index contributed by atoms with van der Waals surface area (Å²) in [6, 6.07) is 5.21. The van der Waals surface area contributed by atoms with E-state index in [2.05, 4.69) is 4.74 Å². The summed E-state index contributed by atoms with van der Waals surface area (Å²) in [6.07, 6.45) is 4.72. The van der Waals surface area contributed by atoms with E-state index in [1.54, 1.807) is 0 Å². The Bertz CT molecular complexity index is 721. The van der Waals surface area contributed by atoms with Crippen molar-refractivity contribution in [2.24, 2.45) is 5.92 Å². The fraction of sp³-hybridized carbons (Fsp3) is 0.550. The Morgan fingerprint density at radius 1 is 1.04 bits per heavy atom. The third-order valence-corrected chi connectivity index (χ3v) is 5.10. The molecule has 0 aromatic heterocycles. The number of alkyl halides is 2. The molecule has 28 heavy (non-hydrogen) atoms. The number of rotatable bonds is 7. The lowest BCUT2D eigenvalue weighted by Gasteiger charge is -2.40. The van der Waals surface area contributed by atoms with Crippen molar-refractivity contribution in [2.75, 3.05) is 6.61 Å². The molecule has 1 N–H and O–H groups in total. The fourth-order valence-electron chi connectivity index (χ4n) is 3.23. The zero-order chi connectivity index (χ0) is 20.9. The van der Waals surface area contributed by atoms with Crippen LogP contribution >= 0.6 is 0 Å². The summed E-state index contributed by atoms with van der Waals surface area (Å²) in [5.41, 5.74) is -0.345. The average molecular weight is 398 g/mol. The molecule has 0 spiro atoms. The predicted molar refractivity (Wildman–Crippen MR) is 95.4 cm³/mol. The number of carboxylic acids is 1. The minimum Gasteiger partial charge on any atom is -0.477 e. The quantitative estimate of drug-likeness (QED) is 0.696. The van der Waals surface area contributed by atoms with E-state index in [1.165, 1.54) is 24.3 Å². The second-order valence-corrected chi connectivity index (χ2v) is 7.33. The van der Waals surface area contributed by atoms with Crippen LogP contribution in [0.2, 0.25) is 0 Å². The Labute approximate surface area is 161 Å². The summed E-state index contributed by atoms with van der Waals surface area (Å²) in [6.45, 7) is 2.47. The van der Waals surface area contributed by atoms with E-state index in [-0.39, 0.29) is 17.0 Å². The normalized spacial score (nSPS) is 16.5. The van der Waals surface area contributed by atoms with Gasteiger partial charge in [-0.3, -0.25) is 0 Å². The summed E-state index contributed by atoms with van der Waals surface area (Å²) < 4.78 is 36.1. The van der Waals surface area contributed by atoms with Crippen LogP contribution < -0.4 is 0 Å². The lowest BCUT2D eigenvalue weighted by Crippen LogP contribution is -2.42. The van der Waals surface area contributed by atoms with Gasteiger partial charge in [-0.25, -0.2) is 14.4 Å². The van der Waals surface area contributed by atoms with Crippen LogP contribution in [0.5, 0.6) is 0 Å². The number of hydrogen-bond acceptors (Lipinski definition) is 5. The first-order valence-electron chi connectivity index (χ1n) is 9.19. The van der Waals surface area contributed by atoms with Crippen LogP contribution in [0.1, 0.15) is 66.7 Å². The first-order valence-corrected chi connectivity index (χ1v) is 9.19. The van der Waals surface area contributed by atoms with Crippen LogP contribution in [0.15, 0.2) is 24.3 Å². The topological polar surface area (TPSA) is 89.9 Å². The Morgan fingerprint density at radius 3 is 2.00 bits per heavy atom. The van der Waals surface area contributed by atoms with E-state index in [1.807, 2.05) is 13.8 Å². The highest BCUT2D eigenvalue weighted by Gasteiger charge is 2.41. The Kier molecular flexibility index (Phi) is 6.74. The molecule has 0 bridgehead atoms. The summed E-state index contributed by atoms with van der Waals surface area (Å²) >= 11 is 0. The molecule has 0 amide bonds.